The molecule has 1 aliphatic rings. The molecule has 3 N–H and O–H groups in total. The van der Waals surface area contributed by atoms with E-state index in [-0.39, 0.29) is 30.2 Å². The number of nitrogens with one attached hydrogen (secondary N) is 1. The van der Waals surface area contributed by atoms with Gasteiger partial charge in [-0.15, -0.1) is 0 Å². The van der Waals surface area contributed by atoms with E-state index in [0.29, 0.717) is 0 Å². The lowest BCUT2D eigenvalue weighted by Crippen LogP contribution is -2.38. The Kier molecular flexibility index (Phi) is 4.51. The summed E-state index contributed by atoms with van der Waals surface area (Å²) in [5.74, 6) is -1.27. The molecule has 1 rings (SSSR count). The molecule has 0 aliphatic heterocycles. The predicted molar refractivity (Wildman–Crippen MR) is 62.4 cm³/mol. The summed E-state index contributed by atoms with van der Waals surface area (Å²) in [7, 11) is 0. The van der Waals surface area contributed by atoms with Crippen molar-refractivity contribution in [3.05, 3.63) is 0 Å². The number of hydrogen-bond donors (Lipinski definition) is 3. The van der Waals surface area contributed by atoms with Gasteiger partial charge in [0, 0.05) is 18.9 Å². The average Bonchev–Trinajstić information content (AvgIpc) is 2.57. The molecular formula is C12H21NO4. The van der Waals surface area contributed by atoms with Gasteiger partial charge in [0.05, 0.1) is 0 Å². The fourth-order valence-corrected chi connectivity index (χ4v) is 2.39. The highest BCUT2D eigenvalue weighted by Gasteiger charge is 2.39. The minimum atomic E-state index is -1.40. The molecule has 0 saturated heterocycles. The molecular weight excluding hydrogens is 222 g/mol. The highest BCUT2D eigenvalue weighted by atomic mass is 16.4. The van der Waals surface area contributed by atoms with Gasteiger partial charge in [-0.3, -0.25) is 4.79 Å². The van der Waals surface area contributed by atoms with Crippen LogP contribution < -0.4 is 5.32 Å². The second-order valence-corrected chi connectivity index (χ2v) is 5.37. The van der Waals surface area contributed by atoms with E-state index in [4.69, 9.17) is 10.2 Å². The third kappa shape index (κ3) is 3.70. The Hall–Kier alpha value is -1.10. The van der Waals surface area contributed by atoms with Gasteiger partial charge in [0.2, 0.25) is 5.91 Å². The van der Waals surface area contributed by atoms with Gasteiger partial charge in [-0.05, 0) is 18.3 Å². The van der Waals surface area contributed by atoms with Gasteiger partial charge >= 0.3 is 5.97 Å². The molecule has 0 spiro atoms. The molecule has 2 unspecified atom stereocenters. The molecule has 2 atom stereocenters. The van der Waals surface area contributed by atoms with E-state index >= 15 is 0 Å². The molecule has 1 aliphatic carbocycles. The van der Waals surface area contributed by atoms with Crippen molar-refractivity contribution in [3.63, 3.8) is 0 Å². The van der Waals surface area contributed by atoms with E-state index in [0.717, 1.165) is 19.3 Å². The Morgan fingerprint density at radius 1 is 1.47 bits per heavy atom. The third-order valence-corrected chi connectivity index (χ3v) is 3.58. The minimum Gasteiger partial charge on any atom is -0.479 e. The van der Waals surface area contributed by atoms with Crippen LogP contribution in [0.1, 0.15) is 39.5 Å². The van der Waals surface area contributed by atoms with Crippen LogP contribution >= 0.6 is 0 Å². The predicted octanol–water partition coefficient (Wildman–Crippen LogP) is 0.764. The number of hydrogen-bond acceptors (Lipinski definition) is 3. The van der Waals surface area contributed by atoms with Crippen molar-refractivity contribution in [1.29, 1.82) is 0 Å². The smallest absolute Gasteiger partial charge is 0.332 e. The van der Waals surface area contributed by atoms with Crippen LogP contribution in [0, 0.1) is 11.3 Å². The van der Waals surface area contributed by atoms with Gasteiger partial charge in [0.15, 0.2) is 6.10 Å². The number of carbonyl (C=O) groups excluding carboxylic acids is 1. The van der Waals surface area contributed by atoms with E-state index in [2.05, 4.69) is 19.2 Å². The first-order valence-corrected chi connectivity index (χ1v) is 6.03. The lowest BCUT2D eigenvalue weighted by Gasteiger charge is -2.25. The number of aliphatic hydroxyl groups is 1. The van der Waals surface area contributed by atoms with Crippen LogP contribution in [0.2, 0.25) is 0 Å². The lowest BCUT2D eigenvalue weighted by molar-refractivity contribution is -0.147. The summed E-state index contributed by atoms with van der Waals surface area (Å²) >= 11 is 0. The summed E-state index contributed by atoms with van der Waals surface area (Å²) in [6.07, 6.45) is 1.65. The zero-order valence-corrected chi connectivity index (χ0v) is 10.4. The quantitative estimate of drug-likeness (QED) is 0.665. The van der Waals surface area contributed by atoms with Gasteiger partial charge < -0.3 is 15.5 Å². The van der Waals surface area contributed by atoms with Crippen LogP contribution in [-0.2, 0) is 9.59 Å². The van der Waals surface area contributed by atoms with Crippen molar-refractivity contribution in [2.45, 2.75) is 45.6 Å². The monoisotopic (exact) mass is 243 g/mol. The molecule has 98 valence electrons. The molecule has 5 nitrogen and oxygen atoms in total. The van der Waals surface area contributed by atoms with E-state index in [1.807, 2.05) is 0 Å². The van der Waals surface area contributed by atoms with Crippen molar-refractivity contribution in [3.8, 4) is 0 Å². The molecule has 5 heteroatoms. The fourth-order valence-electron chi connectivity index (χ4n) is 2.39. The van der Waals surface area contributed by atoms with Gasteiger partial charge in [0.1, 0.15) is 0 Å². The number of carboxylic acids is 1. The third-order valence-electron chi connectivity index (χ3n) is 3.58. The van der Waals surface area contributed by atoms with Crippen molar-refractivity contribution >= 4 is 11.9 Å². The Bertz CT molecular complexity index is 301. The summed E-state index contributed by atoms with van der Waals surface area (Å²) < 4.78 is 0. The Morgan fingerprint density at radius 3 is 2.59 bits per heavy atom. The molecule has 17 heavy (non-hydrogen) atoms. The van der Waals surface area contributed by atoms with Crippen molar-refractivity contribution < 1.29 is 19.8 Å². The molecule has 0 aromatic carbocycles. The van der Waals surface area contributed by atoms with E-state index in [1.165, 1.54) is 0 Å². The molecule has 0 heterocycles. The Balaban J connectivity index is 2.33. The molecule has 0 radical (unpaired) electrons. The standard InChI is InChI=1S/C12H21NO4/c1-12(2)6-3-4-8(12)10(15)13-7-5-9(14)11(16)17/h8-9,14H,3-7H2,1-2H3,(H,13,15)(H,16,17). The second-order valence-electron chi connectivity index (χ2n) is 5.37. The van der Waals surface area contributed by atoms with Crippen molar-refractivity contribution in [2.24, 2.45) is 11.3 Å². The van der Waals surface area contributed by atoms with Gasteiger partial charge in [-0.1, -0.05) is 20.3 Å². The summed E-state index contributed by atoms with van der Waals surface area (Å²) in [5.41, 5.74) is 0.0233. The maximum atomic E-state index is 11.9. The van der Waals surface area contributed by atoms with E-state index < -0.39 is 12.1 Å². The first-order valence-electron chi connectivity index (χ1n) is 6.03. The molecule has 0 bridgehead atoms. The average molecular weight is 243 g/mol. The normalized spacial score (nSPS) is 24.3. The minimum absolute atomic E-state index is 0.00414. The van der Waals surface area contributed by atoms with Crippen LogP contribution in [0.5, 0.6) is 0 Å². The maximum Gasteiger partial charge on any atom is 0.332 e. The Labute approximate surface area is 101 Å². The van der Waals surface area contributed by atoms with Gasteiger partial charge in [-0.25, -0.2) is 4.79 Å². The van der Waals surface area contributed by atoms with Gasteiger partial charge in [-0.2, -0.15) is 0 Å². The van der Waals surface area contributed by atoms with Crippen molar-refractivity contribution in [1.82, 2.24) is 5.32 Å². The highest BCUT2D eigenvalue weighted by molar-refractivity contribution is 5.79. The van der Waals surface area contributed by atoms with Crippen LogP contribution in [0.3, 0.4) is 0 Å². The SMILES string of the molecule is CC1(C)CCCC1C(=O)NCCC(O)C(=O)O. The lowest BCUT2D eigenvalue weighted by atomic mass is 9.81. The number of carbonyl (C=O) groups is 2. The first-order chi connectivity index (χ1) is 7.84. The van der Waals surface area contributed by atoms with Crippen molar-refractivity contribution in [2.75, 3.05) is 6.54 Å². The molecule has 0 aromatic heterocycles. The first kappa shape index (κ1) is 14.0. The summed E-state index contributed by atoms with van der Waals surface area (Å²) in [6, 6.07) is 0. The molecule has 1 saturated carbocycles. The maximum absolute atomic E-state index is 11.9. The highest BCUT2D eigenvalue weighted by Crippen LogP contribution is 2.42. The van der Waals surface area contributed by atoms with Crippen LogP contribution in [-0.4, -0.2) is 34.7 Å². The number of aliphatic carboxylic acids is 1. The summed E-state index contributed by atoms with van der Waals surface area (Å²) in [5, 5.41) is 20.2. The Morgan fingerprint density at radius 2 is 2.12 bits per heavy atom. The molecule has 0 aromatic rings. The van der Waals surface area contributed by atoms with Gasteiger partial charge in [0.25, 0.3) is 0 Å². The van der Waals surface area contributed by atoms with Crippen LogP contribution in [0.4, 0.5) is 0 Å². The number of amides is 1. The topological polar surface area (TPSA) is 86.6 Å². The second kappa shape index (κ2) is 5.49. The molecule has 1 fully saturated rings. The number of carboxylic acid groups (broad SMARTS) is 1. The van der Waals surface area contributed by atoms with E-state index in [1.54, 1.807) is 0 Å². The zero-order valence-electron chi connectivity index (χ0n) is 10.4. The summed E-state index contributed by atoms with van der Waals surface area (Å²) in [6.45, 7) is 4.37. The number of aliphatic hydroxyl groups excluding tert-OH is 1. The molecule has 1 amide bonds. The number of rotatable bonds is 5. The fraction of sp³-hybridized carbons (Fsp3) is 0.833. The van der Waals surface area contributed by atoms with E-state index in [9.17, 15) is 9.59 Å². The van der Waals surface area contributed by atoms with Crippen LogP contribution in [0.15, 0.2) is 0 Å². The van der Waals surface area contributed by atoms with Crippen LogP contribution in [0.25, 0.3) is 0 Å². The zero-order chi connectivity index (χ0) is 13.1. The largest absolute Gasteiger partial charge is 0.479 e. The summed E-state index contributed by atoms with van der Waals surface area (Å²) in [4.78, 5) is 22.2.